The summed E-state index contributed by atoms with van der Waals surface area (Å²) in [6.45, 7) is 4.64. The van der Waals surface area contributed by atoms with Crippen molar-refractivity contribution in [2.45, 2.75) is 29.1 Å². The zero-order chi connectivity index (χ0) is 39.1. The maximum Gasteiger partial charge on any atom is 0.160 e. The van der Waals surface area contributed by atoms with Gasteiger partial charge in [-0.05, 0) is 46.5 Å². The molecule has 5 heteroatoms. The molecule has 276 valence electrons. The molecule has 1 aliphatic heterocycles. The lowest BCUT2D eigenvalue weighted by atomic mass is 9.77. The molecule has 0 unspecified atom stereocenters. The Labute approximate surface area is 343 Å². The van der Waals surface area contributed by atoms with E-state index in [1.54, 1.807) is 0 Å². The Morgan fingerprint density at radius 3 is 1.17 bits per heavy atom. The highest BCUT2D eigenvalue weighted by Gasteiger charge is 2.33. The van der Waals surface area contributed by atoms with Crippen molar-refractivity contribution >= 4 is 11.8 Å². The third-order valence-corrected chi connectivity index (χ3v) is 12.1. The van der Waals surface area contributed by atoms with E-state index in [-0.39, 0.29) is 5.41 Å². The monoisotopic (exact) mass is 762 g/mol. The fourth-order valence-electron chi connectivity index (χ4n) is 7.81. The van der Waals surface area contributed by atoms with E-state index in [0.29, 0.717) is 11.6 Å². The number of fused-ring (bicyclic) bond motifs is 2. The van der Waals surface area contributed by atoms with Crippen LogP contribution in [0, 0.1) is 0 Å². The highest BCUT2D eigenvalue weighted by Crippen LogP contribution is 2.50. The van der Waals surface area contributed by atoms with Crippen molar-refractivity contribution in [1.29, 1.82) is 0 Å². The van der Waals surface area contributed by atoms with Gasteiger partial charge in [-0.2, -0.15) is 0 Å². The Hall–Kier alpha value is -6.95. The van der Waals surface area contributed by atoms with Gasteiger partial charge in [0.2, 0.25) is 0 Å². The molecular formula is C53H38N4S. The van der Waals surface area contributed by atoms with Crippen LogP contribution in [0.2, 0.25) is 0 Å². The third-order valence-electron chi connectivity index (χ3n) is 11.0. The topological polar surface area (TPSA) is 51.6 Å². The molecule has 0 bridgehead atoms. The Kier molecular flexibility index (Phi) is 9.08. The molecule has 3 heterocycles. The predicted octanol–water partition coefficient (Wildman–Crippen LogP) is 13.7. The molecule has 0 N–H and O–H groups in total. The number of benzene rings is 7. The smallest absolute Gasteiger partial charge is 0.160 e. The van der Waals surface area contributed by atoms with Crippen molar-refractivity contribution in [3.05, 3.63) is 205 Å². The summed E-state index contributed by atoms with van der Waals surface area (Å²) in [6, 6.07) is 67.7. The molecule has 2 aromatic heterocycles. The molecule has 0 fully saturated rings. The standard InChI is InChI=1S/C53H38N4S/c1-53(2)43-20-12-13-21-49(43)58-50-32-42(30-31-44(50)53)48-34-47(56-52(57-48)41-18-10-5-11-19-41)39-28-26-38(27-29-39)46-33-45(54-51(55-46)40-16-8-4-9-17-40)37-24-22-36(23-25-37)35-14-6-3-7-15-35/h3-34H,1-2H3. The first kappa shape index (κ1) is 35.5. The van der Waals surface area contributed by atoms with E-state index >= 15 is 0 Å². The normalized spacial score (nSPS) is 12.7. The summed E-state index contributed by atoms with van der Waals surface area (Å²) < 4.78 is 0. The van der Waals surface area contributed by atoms with Gasteiger partial charge in [0.05, 0.1) is 22.8 Å². The Balaban J connectivity index is 1.03. The Morgan fingerprint density at radius 1 is 0.310 bits per heavy atom. The maximum absolute atomic E-state index is 5.16. The second kappa shape index (κ2) is 14.8. The predicted molar refractivity (Wildman–Crippen MR) is 238 cm³/mol. The molecule has 0 spiro atoms. The quantitative estimate of drug-likeness (QED) is 0.162. The van der Waals surface area contributed by atoms with Crippen LogP contribution >= 0.6 is 11.8 Å². The van der Waals surface area contributed by atoms with Gasteiger partial charge < -0.3 is 0 Å². The average molecular weight is 763 g/mol. The number of nitrogens with zero attached hydrogens (tertiary/aromatic N) is 4. The van der Waals surface area contributed by atoms with Gasteiger partial charge in [0, 0.05) is 48.6 Å². The summed E-state index contributed by atoms with van der Waals surface area (Å²) in [5, 5.41) is 0. The average Bonchev–Trinajstić information content (AvgIpc) is 3.29. The summed E-state index contributed by atoms with van der Waals surface area (Å²) in [5.41, 5.74) is 14.5. The first-order valence-electron chi connectivity index (χ1n) is 19.5. The second-order valence-electron chi connectivity index (χ2n) is 15.1. The summed E-state index contributed by atoms with van der Waals surface area (Å²) in [5.74, 6) is 1.38. The minimum atomic E-state index is -0.0945. The summed E-state index contributed by atoms with van der Waals surface area (Å²) >= 11 is 1.84. The van der Waals surface area contributed by atoms with E-state index in [0.717, 1.165) is 56.2 Å². The van der Waals surface area contributed by atoms with Crippen molar-refractivity contribution in [2.24, 2.45) is 0 Å². The van der Waals surface area contributed by atoms with E-state index in [9.17, 15) is 0 Å². The molecule has 1 aliphatic rings. The summed E-state index contributed by atoms with van der Waals surface area (Å²) in [6.07, 6.45) is 0. The molecule has 0 radical (unpaired) electrons. The van der Waals surface area contributed by atoms with Gasteiger partial charge in [-0.1, -0.05) is 195 Å². The third kappa shape index (κ3) is 6.80. The molecule has 0 atom stereocenters. The molecular weight excluding hydrogens is 725 g/mol. The van der Waals surface area contributed by atoms with Crippen LogP contribution in [0.4, 0.5) is 0 Å². The van der Waals surface area contributed by atoms with E-state index in [4.69, 9.17) is 19.9 Å². The van der Waals surface area contributed by atoms with Crippen LogP contribution in [0.3, 0.4) is 0 Å². The van der Waals surface area contributed by atoms with Crippen LogP contribution in [-0.2, 0) is 5.41 Å². The second-order valence-corrected chi connectivity index (χ2v) is 16.2. The molecule has 0 aliphatic carbocycles. The summed E-state index contributed by atoms with van der Waals surface area (Å²) in [7, 11) is 0. The van der Waals surface area contributed by atoms with Gasteiger partial charge in [-0.25, -0.2) is 19.9 Å². The Bertz CT molecular complexity index is 2910. The van der Waals surface area contributed by atoms with Crippen molar-refractivity contribution in [2.75, 3.05) is 0 Å². The SMILES string of the molecule is CC1(C)c2ccccc2Sc2cc(-c3cc(-c4ccc(-c5cc(-c6ccc(-c7ccccc7)cc6)nc(-c6ccccc6)n5)cc4)nc(-c4ccccc4)n3)ccc21. The van der Waals surface area contributed by atoms with E-state index in [2.05, 4.69) is 166 Å². The molecule has 0 saturated carbocycles. The molecule has 0 saturated heterocycles. The van der Waals surface area contributed by atoms with E-state index < -0.39 is 0 Å². The molecule has 0 amide bonds. The molecule has 9 aromatic rings. The van der Waals surface area contributed by atoms with E-state index in [1.165, 1.54) is 32.0 Å². The molecule has 7 aromatic carbocycles. The van der Waals surface area contributed by atoms with Crippen LogP contribution in [0.25, 0.3) is 78.9 Å². The van der Waals surface area contributed by atoms with Gasteiger partial charge in [0.15, 0.2) is 11.6 Å². The van der Waals surface area contributed by atoms with Crippen molar-refractivity contribution in [1.82, 2.24) is 19.9 Å². The van der Waals surface area contributed by atoms with Gasteiger partial charge in [-0.15, -0.1) is 0 Å². The zero-order valence-electron chi connectivity index (χ0n) is 32.2. The number of hydrogen-bond donors (Lipinski definition) is 0. The number of aromatic nitrogens is 4. The first-order valence-corrected chi connectivity index (χ1v) is 20.4. The lowest BCUT2D eigenvalue weighted by Crippen LogP contribution is -2.23. The van der Waals surface area contributed by atoms with Gasteiger partial charge in [0.25, 0.3) is 0 Å². The minimum Gasteiger partial charge on any atom is -0.228 e. The van der Waals surface area contributed by atoms with Crippen LogP contribution in [-0.4, -0.2) is 19.9 Å². The molecule has 4 nitrogen and oxygen atoms in total. The lowest BCUT2D eigenvalue weighted by molar-refractivity contribution is 0.607. The van der Waals surface area contributed by atoms with Crippen LogP contribution in [0.1, 0.15) is 25.0 Å². The highest BCUT2D eigenvalue weighted by atomic mass is 32.2. The first-order chi connectivity index (χ1) is 28.5. The number of rotatable bonds is 7. The number of hydrogen-bond acceptors (Lipinski definition) is 5. The van der Waals surface area contributed by atoms with Crippen LogP contribution in [0.15, 0.2) is 204 Å². The lowest BCUT2D eigenvalue weighted by Gasteiger charge is -2.34. The summed E-state index contributed by atoms with van der Waals surface area (Å²) in [4.78, 5) is 23.0. The maximum atomic E-state index is 5.16. The van der Waals surface area contributed by atoms with Gasteiger partial charge in [-0.3, -0.25) is 0 Å². The minimum absolute atomic E-state index is 0.0945. The van der Waals surface area contributed by atoms with Crippen molar-refractivity contribution in [3.8, 4) is 78.9 Å². The molecule has 10 rings (SSSR count). The van der Waals surface area contributed by atoms with Crippen LogP contribution in [0.5, 0.6) is 0 Å². The molecule has 58 heavy (non-hydrogen) atoms. The van der Waals surface area contributed by atoms with Crippen LogP contribution < -0.4 is 0 Å². The van der Waals surface area contributed by atoms with E-state index in [1.807, 2.05) is 54.2 Å². The van der Waals surface area contributed by atoms with Crippen molar-refractivity contribution < 1.29 is 0 Å². The van der Waals surface area contributed by atoms with Gasteiger partial charge >= 0.3 is 0 Å². The Morgan fingerprint density at radius 2 is 0.672 bits per heavy atom. The zero-order valence-corrected chi connectivity index (χ0v) is 33.0. The fraction of sp³-hybridized carbons (Fsp3) is 0.0566. The van der Waals surface area contributed by atoms with Gasteiger partial charge in [0.1, 0.15) is 0 Å². The fourth-order valence-corrected chi connectivity index (χ4v) is 9.25. The van der Waals surface area contributed by atoms with Crippen molar-refractivity contribution in [3.63, 3.8) is 0 Å². The highest BCUT2D eigenvalue weighted by molar-refractivity contribution is 7.99. The largest absolute Gasteiger partial charge is 0.228 e.